The molecule has 2 amide bonds. The topological polar surface area (TPSA) is 79.3 Å². The number of piperazine rings is 1. The molecule has 0 saturated carbocycles. The molecular formula is C27H23FN2O5. The van der Waals surface area contributed by atoms with Crippen LogP contribution >= 0.6 is 0 Å². The van der Waals surface area contributed by atoms with Gasteiger partial charge >= 0.3 is 0 Å². The average Bonchev–Trinajstić information content (AvgIpc) is 3.33. The fourth-order valence-corrected chi connectivity index (χ4v) is 5.43. The van der Waals surface area contributed by atoms with E-state index >= 15 is 0 Å². The number of aliphatic hydroxyl groups is 1. The SMILES string of the molecule is O=C(c1cccc(F)c1)N1CC(=O)N2[C@H](CO)[C@H](c3ccc(-c4ccc5c(c4)OCO5)cc3)[C@@H]2C1. The molecule has 0 aromatic heterocycles. The van der Waals surface area contributed by atoms with Gasteiger partial charge in [0, 0.05) is 18.0 Å². The van der Waals surface area contributed by atoms with Crippen LogP contribution < -0.4 is 9.47 Å². The molecule has 0 aliphatic carbocycles. The second-order valence-corrected chi connectivity index (χ2v) is 9.03. The maximum Gasteiger partial charge on any atom is 0.254 e. The Morgan fingerprint density at radius 1 is 1.00 bits per heavy atom. The van der Waals surface area contributed by atoms with Crippen LogP contribution in [0.1, 0.15) is 21.8 Å². The van der Waals surface area contributed by atoms with Crippen LogP contribution in [0.2, 0.25) is 0 Å². The van der Waals surface area contributed by atoms with E-state index in [4.69, 9.17) is 9.47 Å². The number of hydrogen-bond donors (Lipinski definition) is 1. The lowest BCUT2D eigenvalue weighted by atomic mass is 9.73. The van der Waals surface area contributed by atoms with E-state index in [1.165, 1.54) is 23.1 Å². The van der Waals surface area contributed by atoms with Crippen molar-refractivity contribution in [3.63, 3.8) is 0 Å². The van der Waals surface area contributed by atoms with Gasteiger partial charge < -0.3 is 24.4 Å². The highest BCUT2D eigenvalue weighted by molar-refractivity contribution is 5.97. The Labute approximate surface area is 201 Å². The normalized spacial score (nSPS) is 22.6. The van der Waals surface area contributed by atoms with E-state index in [2.05, 4.69) is 0 Å². The van der Waals surface area contributed by atoms with Crippen LogP contribution in [0, 0.1) is 5.82 Å². The highest BCUT2D eigenvalue weighted by Crippen LogP contribution is 2.44. The van der Waals surface area contributed by atoms with Crippen LogP contribution in [-0.4, -0.2) is 65.3 Å². The van der Waals surface area contributed by atoms with Gasteiger partial charge in [0.2, 0.25) is 12.7 Å². The third-order valence-corrected chi connectivity index (χ3v) is 7.11. The first-order valence-electron chi connectivity index (χ1n) is 11.5. The Morgan fingerprint density at radius 2 is 1.77 bits per heavy atom. The first-order valence-corrected chi connectivity index (χ1v) is 11.5. The monoisotopic (exact) mass is 474 g/mol. The minimum atomic E-state index is -0.495. The predicted octanol–water partition coefficient (Wildman–Crippen LogP) is 3.03. The molecule has 2 fully saturated rings. The van der Waals surface area contributed by atoms with Crippen LogP contribution in [0.3, 0.4) is 0 Å². The number of aliphatic hydroxyl groups excluding tert-OH is 1. The van der Waals surface area contributed by atoms with Crippen LogP contribution in [0.5, 0.6) is 11.5 Å². The summed E-state index contributed by atoms with van der Waals surface area (Å²) in [7, 11) is 0. The van der Waals surface area contributed by atoms with Crippen molar-refractivity contribution in [1.82, 2.24) is 9.80 Å². The van der Waals surface area contributed by atoms with Gasteiger partial charge in [-0.3, -0.25) is 9.59 Å². The number of carbonyl (C=O) groups excluding carboxylic acids is 2. The molecule has 3 atom stereocenters. The van der Waals surface area contributed by atoms with Crippen LogP contribution in [0.4, 0.5) is 4.39 Å². The van der Waals surface area contributed by atoms with Crippen LogP contribution in [0.15, 0.2) is 66.7 Å². The number of amides is 2. The molecule has 3 aliphatic heterocycles. The smallest absolute Gasteiger partial charge is 0.254 e. The molecule has 2 saturated heterocycles. The molecule has 1 N–H and O–H groups in total. The van der Waals surface area contributed by atoms with Gasteiger partial charge in [0.25, 0.3) is 5.91 Å². The van der Waals surface area contributed by atoms with Crippen LogP contribution in [0.25, 0.3) is 11.1 Å². The summed E-state index contributed by atoms with van der Waals surface area (Å²) in [6.45, 7) is 0.302. The summed E-state index contributed by atoms with van der Waals surface area (Å²) in [4.78, 5) is 29.0. The molecule has 0 bridgehead atoms. The largest absolute Gasteiger partial charge is 0.454 e. The zero-order chi connectivity index (χ0) is 24.1. The van der Waals surface area contributed by atoms with Crippen molar-refractivity contribution in [2.45, 2.75) is 18.0 Å². The molecule has 6 rings (SSSR count). The van der Waals surface area contributed by atoms with Gasteiger partial charge in [0.15, 0.2) is 11.5 Å². The van der Waals surface area contributed by atoms with E-state index in [-0.39, 0.29) is 55.3 Å². The molecule has 0 spiro atoms. The molecule has 8 heteroatoms. The quantitative estimate of drug-likeness (QED) is 0.629. The van der Waals surface area contributed by atoms with Crippen molar-refractivity contribution in [1.29, 1.82) is 0 Å². The number of halogens is 1. The summed E-state index contributed by atoms with van der Waals surface area (Å²) in [5.41, 5.74) is 3.21. The van der Waals surface area contributed by atoms with Gasteiger partial charge in [0.1, 0.15) is 12.4 Å². The van der Waals surface area contributed by atoms with Gasteiger partial charge in [-0.1, -0.05) is 36.4 Å². The number of hydrogen-bond acceptors (Lipinski definition) is 5. The van der Waals surface area contributed by atoms with Crippen molar-refractivity contribution in [2.75, 3.05) is 26.5 Å². The van der Waals surface area contributed by atoms with Crippen molar-refractivity contribution in [3.8, 4) is 22.6 Å². The van der Waals surface area contributed by atoms with Gasteiger partial charge in [0.05, 0.1) is 18.7 Å². The summed E-state index contributed by atoms with van der Waals surface area (Å²) in [6, 6.07) is 18.7. The van der Waals surface area contributed by atoms with E-state index in [1.54, 1.807) is 11.0 Å². The lowest BCUT2D eigenvalue weighted by Crippen LogP contribution is -2.73. The number of ether oxygens (including phenoxy) is 2. The maximum atomic E-state index is 13.6. The van der Waals surface area contributed by atoms with Crippen molar-refractivity contribution in [2.24, 2.45) is 0 Å². The fourth-order valence-electron chi connectivity index (χ4n) is 5.43. The second-order valence-electron chi connectivity index (χ2n) is 9.03. The van der Waals surface area contributed by atoms with Gasteiger partial charge in [-0.15, -0.1) is 0 Å². The Kier molecular flexibility index (Phi) is 5.18. The molecular weight excluding hydrogens is 451 g/mol. The number of rotatable bonds is 4. The van der Waals surface area contributed by atoms with E-state index in [1.807, 2.05) is 42.5 Å². The summed E-state index contributed by atoms with van der Waals surface area (Å²) >= 11 is 0. The summed E-state index contributed by atoms with van der Waals surface area (Å²) in [6.07, 6.45) is 0. The number of fused-ring (bicyclic) bond motifs is 2. The molecule has 0 radical (unpaired) electrons. The standard InChI is InChI=1S/C27H23FN2O5/c28-20-3-1-2-19(10-20)27(33)29-12-21-26(22(14-31)30(21)25(32)13-29)17-6-4-16(5-7-17)18-8-9-23-24(11-18)35-15-34-23/h1-11,21-22,26,31H,12-15H2/t21-,22+,26+/m0/s1. The Hall–Kier alpha value is -3.91. The third kappa shape index (κ3) is 3.61. The van der Waals surface area contributed by atoms with Gasteiger partial charge in [-0.25, -0.2) is 4.39 Å². The van der Waals surface area contributed by atoms with E-state index in [0.29, 0.717) is 12.3 Å². The molecule has 3 aliphatic rings. The summed E-state index contributed by atoms with van der Waals surface area (Å²) < 4.78 is 24.5. The number of nitrogens with zero attached hydrogens (tertiary/aromatic N) is 2. The minimum absolute atomic E-state index is 0.0852. The first kappa shape index (κ1) is 21.6. The van der Waals surface area contributed by atoms with E-state index in [0.717, 1.165) is 22.4 Å². The van der Waals surface area contributed by atoms with Gasteiger partial charge in [-0.2, -0.15) is 0 Å². The Bertz CT molecular complexity index is 1310. The van der Waals surface area contributed by atoms with E-state index < -0.39 is 5.82 Å². The summed E-state index contributed by atoms with van der Waals surface area (Å²) in [5.74, 6) is 0.249. The predicted molar refractivity (Wildman–Crippen MR) is 125 cm³/mol. The highest BCUT2D eigenvalue weighted by atomic mass is 19.1. The highest BCUT2D eigenvalue weighted by Gasteiger charge is 2.54. The molecule has 0 unspecified atom stereocenters. The van der Waals surface area contributed by atoms with Crippen molar-refractivity contribution >= 4 is 11.8 Å². The molecule has 3 aromatic rings. The number of benzene rings is 3. The zero-order valence-corrected chi connectivity index (χ0v) is 18.8. The average molecular weight is 474 g/mol. The van der Waals surface area contributed by atoms with Crippen LogP contribution in [-0.2, 0) is 4.79 Å². The lowest BCUT2D eigenvalue weighted by Gasteiger charge is -2.58. The zero-order valence-electron chi connectivity index (χ0n) is 18.8. The Balaban J connectivity index is 1.24. The fraction of sp³-hybridized carbons (Fsp3) is 0.259. The molecule has 3 heterocycles. The maximum absolute atomic E-state index is 13.6. The van der Waals surface area contributed by atoms with E-state index in [9.17, 15) is 19.1 Å². The third-order valence-electron chi connectivity index (χ3n) is 7.11. The lowest BCUT2D eigenvalue weighted by molar-refractivity contribution is -0.159. The number of carbonyl (C=O) groups is 2. The second kappa shape index (κ2) is 8.39. The molecule has 3 aromatic carbocycles. The molecule has 35 heavy (non-hydrogen) atoms. The van der Waals surface area contributed by atoms with Crippen molar-refractivity contribution in [3.05, 3.63) is 83.7 Å². The van der Waals surface area contributed by atoms with Crippen molar-refractivity contribution < 1.29 is 28.6 Å². The molecule has 7 nitrogen and oxygen atoms in total. The minimum Gasteiger partial charge on any atom is -0.454 e. The molecule has 178 valence electrons. The Morgan fingerprint density at radius 3 is 2.54 bits per heavy atom. The van der Waals surface area contributed by atoms with Gasteiger partial charge in [-0.05, 0) is 47.0 Å². The first-order chi connectivity index (χ1) is 17.0. The summed E-state index contributed by atoms with van der Waals surface area (Å²) in [5, 5.41) is 10.0.